The summed E-state index contributed by atoms with van der Waals surface area (Å²) in [5, 5.41) is 11.1. The van der Waals surface area contributed by atoms with Gasteiger partial charge in [0.1, 0.15) is 6.04 Å². The van der Waals surface area contributed by atoms with E-state index in [4.69, 9.17) is 20.0 Å². The standard InChI is InChI=1S/C17H24N3O5P/c1-3-24-26(23,25-4-2)12-13-7-9-14(10-8-13)17(22)20-15(16(19)21)6-5-11-18/h7-10,15H,3-6,12H2,1-2H3,(H2,19,21)(H,20,22)/t15-/m1/s1. The van der Waals surface area contributed by atoms with Gasteiger partial charge in [-0.2, -0.15) is 5.26 Å². The van der Waals surface area contributed by atoms with Crippen LogP contribution in [-0.2, 0) is 24.6 Å². The SMILES string of the molecule is CCOP(=O)(Cc1ccc(C(=O)N[C@H](CCC#N)C(N)=O)cc1)OCC. The molecule has 9 heteroatoms. The molecule has 0 spiro atoms. The third kappa shape index (κ3) is 6.96. The summed E-state index contributed by atoms with van der Waals surface area (Å²) in [5.74, 6) is -1.17. The number of carbonyl (C=O) groups is 2. The summed E-state index contributed by atoms with van der Waals surface area (Å²) >= 11 is 0. The highest BCUT2D eigenvalue weighted by Gasteiger charge is 2.24. The van der Waals surface area contributed by atoms with Gasteiger partial charge < -0.3 is 20.1 Å². The molecule has 0 heterocycles. The molecule has 0 radical (unpaired) electrons. The predicted molar refractivity (Wildman–Crippen MR) is 96.3 cm³/mol. The summed E-state index contributed by atoms with van der Waals surface area (Å²) in [5.41, 5.74) is 6.25. The highest BCUT2D eigenvalue weighted by Crippen LogP contribution is 2.51. The maximum Gasteiger partial charge on any atom is 0.335 e. The zero-order valence-corrected chi connectivity index (χ0v) is 15.8. The van der Waals surface area contributed by atoms with Crippen LogP contribution in [0, 0.1) is 11.3 Å². The lowest BCUT2D eigenvalue weighted by Gasteiger charge is -2.17. The van der Waals surface area contributed by atoms with E-state index in [1.54, 1.807) is 38.1 Å². The second-order valence-electron chi connectivity index (χ2n) is 5.43. The smallest absolute Gasteiger partial charge is 0.335 e. The lowest BCUT2D eigenvalue weighted by atomic mass is 10.1. The van der Waals surface area contributed by atoms with Gasteiger partial charge in [-0.15, -0.1) is 0 Å². The zero-order chi connectivity index (χ0) is 19.6. The molecule has 8 nitrogen and oxygen atoms in total. The van der Waals surface area contributed by atoms with E-state index in [0.717, 1.165) is 0 Å². The van der Waals surface area contributed by atoms with Gasteiger partial charge in [0.2, 0.25) is 5.91 Å². The Morgan fingerprint density at radius 1 is 1.23 bits per heavy atom. The second kappa shape index (κ2) is 10.7. The lowest BCUT2D eigenvalue weighted by molar-refractivity contribution is -0.119. The molecule has 1 atom stereocenters. The fourth-order valence-electron chi connectivity index (χ4n) is 2.24. The Bertz CT molecular complexity index is 689. The van der Waals surface area contributed by atoms with Gasteiger partial charge in [-0.05, 0) is 38.0 Å². The quantitative estimate of drug-likeness (QED) is 0.566. The molecule has 0 fully saturated rings. The van der Waals surface area contributed by atoms with Gasteiger partial charge in [0, 0.05) is 12.0 Å². The third-order valence-electron chi connectivity index (χ3n) is 3.44. The Labute approximate surface area is 153 Å². The molecule has 1 aromatic rings. The average molecular weight is 381 g/mol. The van der Waals surface area contributed by atoms with E-state index >= 15 is 0 Å². The number of benzene rings is 1. The minimum absolute atomic E-state index is 0.0999. The molecule has 0 saturated carbocycles. The van der Waals surface area contributed by atoms with Crippen LogP contribution >= 0.6 is 7.60 Å². The molecule has 1 aromatic carbocycles. The van der Waals surface area contributed by atoms with Crippen molar-refractivity contribution >= 4 is 19.4 Å². The average Bonchev–Trinajstić information content (AvgIpc) is 2.59. The number of amides is 2. The topological polar surface area (TPSA) is 132 Å². The van der Waals surface area contributed by atoms with Crippen LogP contribution in [0.5, 0.6) is 0 Å². The predicted octanol–water partition coefficient (Wildman–Crippen LogP) is 2.34. The van der Waals surface area contributed by atoms with Crippen molar-refractivity contribution in [1.29, 1.82) is 5.26 Å². The molecule has 0 saturated heterocycles. The van der Waals surface area contributed by atoms with Crippen molar-refractivity contribution in [1.82, 2.24) is 5.32 Å². The number of primary amides is 1. The summed E-state index contributed by atoms with van der Waals surface area (Å²) in [6.07, 6.45) is 0.362. The summed E-state index contributed by atoms with van der Waals surface area (Å²) in [6.45, 7) is 4.02. The van der Waals surface area contributed by atoms with Crippen LogP contribution < -0.4 is 11.1 Å². The first kappa shape index (κ1) is 21.8. The first-order chi connectivity index (χ1) is 12.3. The molecular weight excluding hydrogens is 357 g/mol. The van der Waals surface area contributed by atoms with Gasteiger partial charge in [-0.25, -0.2) is 0 Å². The van der Waals surface area contributed by atoms with Crippen molar-refractivity contribution < 1.29 is 23.2 Å². The largest absolute Gasteiger partial charge is 0.368 e. The lowest BCUT2D eigenvalue weighted by Crippen LogP contribution is -2.44. The van der Waals surface area contributed by atoms with E-state index < -0.39 is 25.5 Å². The molecule has 0 aliphatic carbocycles. The summed E-state index contributed by atoms with van der Waals surface area (Å²) < 4.78 is 23.0. The number of rotatable bonds is 11. The molecule has 26 heavy (non-hydrogen) atoms. The number of nitriles is 1. The van der Waals surface area contributed by atoms with Crippen LogP contribution in [0.3, 0.4) is 0 Å². The van der Waals surface area contributed by atoms with Crippen molar-refractivity contribution in [2.24, 2.45) is 5.73 Å². The zero-order valence-electron chi connectivity index (χ0n) is 14.9. The van der Waals surface area contributed by atoms with E-state index in [9.17, 15) is 14.2 Å². The van der Waals surface area contributed by atoms with Crippen molar-refractivity contribution in [2.75, 3.05) is 13.2 Å². The van der Waals surface area contributed by atoms with Crippen LogP contribution in [0.15, 0.2) is 24.3 Å². The maximum absolute atomic E-state index is 12.5. The fourth-order valence-corrected chi connectivity index (χ4v) is 3.95. The minimum atomic E-state index is -3.22. The molecule has 142 valence electrons. The van der Waals surface area contributed by atoms with Gasteiger partial charge >= 0.3 is 7.60 Å². The van der Waals surface area contributed by atoms with Crippen LogP contribution in [0.1, 0.15) is 42.6 Å². The van der Waals surface area contributed by atoms with Gasteiger partial charge in [0.05, 0.1) is 25.4 Å². The molecule has 0 aliphatic rings. The highest BCUT2D eigenvalue weighted by atomic mass is 31.2. The number of hydrogen-bond donors (Lipinski definition) is 2. The molecule has 3 N–H and O–H groups in total. The van der Waals surface area contributed by atoms with Crippen molar-refractivity contribution in [3.63, 3.8) is 0 Å². The van der Waals surface area contributed by atoms with Gasteiger partial charge in [0.15, 0.2) is 0 Å². The van der Waals surface area contributed by atoms with Crippen LogP contribution in [0.4, 0.5) is 0 Å². The fraction of sp³-hybridized carbons (Fsp3) is 0.471. The van der Waals surface area contributed by atoms with Crippen LogP contribution in [0.25, 0.3) is 0 Å². The number of hydrogen-bond acceptors (Lipinski definition) is 6. The highest BCUT2D eigenvalue weighted by molar-refractivity contribution is 7.53. The van der Waals surface area contributed by atoms with E-state index in [2.05, 4.69) is 5.32 Å². The number of nitrogens with two attached hydrogens (primary N) is 1. The molecular formula is C17H24N3O5P. The molecule has 0 aliphatic heterocycles. The Morgan fingerprint density at radius 2 is 1.81 bits per heavy atom. The summed E-state index contributed by atoms with van der Waals surface area (Å²) in [4.78, 5) is 23.6. The maximum atomic E-state index is 12.5. The molecule has 0 bridgehead atoms. The normalized spacial score (nSPS) is 12.2. The van der Waals surface area contributed by atoms with E-state index in [1.807, 2.05) is 6.07 Å². The van der Waals surface area contributed by atoms with Crippen molar-refractivity contribution in [3.05, 3.63) is 35.4 Å². The van der Waals surface area contributed by atoms with E-state index in [-0.39, 0.29) is 32.2 Å². The van der Waals surface area contributed by atoms with E-state index in [0.29, 0.717) is 11.1 Å². The van der Waals surface area contributed by atoms with E-state index in [1.165, 1.54) is 0 Å². The number of nitrogens with one attached hydrogen (secondary N) is 1. The number of nitrogens with zero attached hydrogens (tertiary/aromatic N) is 1. The first-order valence-corrected chi connectivity index (χ1v) is 10.0. The summed E-state index contributed by atoms with van der Waals surface area (Å²) in [6, 6.07) is 7.40. The Balaban J connectivity index is 2.79. The molecule has 1 rings (SSSR count). The van der Waals surface area contributed by atoms with Crippen LogP contribution in [-0.4, -0.2) is 31.1 Å². The Morgan fingerprint density at radius 3 is 2.27 bits per heavy atom. The Kier molecular flexibility index (Phi) is 9.00. The van der Waals surface area contributed by atoms with Crippen molar-refractivity contribution in [2.45, 2.75) is 38.9 Å². The van der Waals surface area contributed by atoms with Gasteiger partial charge in [0.25, 0.3) is 5.91 Å². The van der Waals surface area contributed by atoms with Gasteiger partial charge in [-0.3, -0.25) is 14.2 Å². The third-order valence-corrected chi connectivity index (χ3v) is 5.49. The molecule has 0 aromatic heterocycles. The number of carbonyl (C=O) groups excluding carboxylic acids is 2. The second-order valence-corrected chi connectivity index (χ2v) is 7.48. The Hall–Kier alpha value is -2.20. The monoisotopic (exact) mass is 381 g/mol. The minimum Gasteiger partial charge on any atom is -0.368 e. The van der Waals surface area contributed by atoms with Crippen molar-refractivity contribution in [3.8, 4) is 6.07 Å². The summed E-state index contributed by atoms with van der Waals surface area (Å²) in [7, 11) is -3.22. The first-order valence-electron chi connectivity index (χ1n) is 8.29. The molecule has 0 unspecified atom stereocenters. The van der Waals surface area contributed by atoms with Gasteiger partial charge in [-0.1, -0.05) is 12.1 Å². The molecule has 2 amide bonds. The van der Waals surface area contributed by atoms with Crippen LogP contribution in [0.2, 0.25) is 0 Å².